The zero-order valence-electron chi connectivity index (χ0n) is 11.0. The average Bonchev–Trinajstić information content (AvgIpc) is 2.29. The number of allylic oxidation sites excluding steroid dienone is 1. The van der Waals surface area contributed by atoms with E-state index in [2.05, 4.69) is 76.2 Å². The lowest BCUT2D eigenvalue weighted by Gasteiger charge is -2.11. The second-order valence-electron chi connectivity index (χ2n) is 4.26. The molecule has 0 aliphatic rings. The van der Waals surface area contributed by atoms with Gasteiger partial charge in [-0.1, -0.05) is 12.5 Å². The first-order valence-corrected chi connectivity index (χ1v) is 7.58. The summed E-state index contributed by atoms with van der Waals surface area (Å²) in [4.78, 5) is 0. The lowest BCUT2D eigenvalue weighted by Crippen LogP contribution is -2.11. The molecule has 0 unspecified atom stereocenters. The van der Waals surface area contributed by atoms with Crippen molar-refractivity contribution in [2.75, 3.05) is 13.2 Å². The first kappa shape index (κ1) is 15.7. The fourth-order valence-electron chi connectivity index (χ4n) is 1.41. The Morgan fingerprint density at radius 3 is 2.39 bits per heavy atom. The Bertz CT molecular complexity index is 403. The number of rotatable bonds is 6. The van der Waals surface area contributed by atoms with E-state index in [-0.39, 0.29) is 0 Å². The maximum absolute atomic E-state index is 5.75. The monoisotopic (exact) mass is 375 g/mol. The minimum absolute atomic E-state index is 0.589. The van der Waals surface area contributed by atoms with Gasteiger partial charge in [0.2, 0.25) is 0 Å². The van der Waals surface area contributed by atoms with Crippen molar-refractivity contribution in [2.45, 2.75) is 27.3 Å². The highest BCUT2D eigenvalue weighted by molar-refractivity contribution is 9.11. The molecule has 0 aromatic heterocycles. The summed E-state index contributed by atoms with van der Waals surface area (Å²) in [5, 5.41) is 3.30. The lowest BCUT2D eigenvalue weighted by molar-refractivity contribution is 0.357. The molecule has 4 heteroatoms. The third-order valence-electron chi connectivity index (χ3n) is 2.36. The third kappa shape index (κ3) is 5.12. The van der Waals surface area contributed by atoms with Crippen LogP contribution in [0, 0.1) is 0 Å². The van der Waals surface area contributed by atoms with Gasteiger partial charge in [0.05, 0.1) is 8.95 Å². The molecule has 100 valence electrons. The molecule has 0 fully saturated rings. The second-order valence-corrected chi connectivity index (χ2v) is 5.97. The van der Waals surface area contributed by atoms with Crippen molar-refractivity contribution < 1.29 is 4.74 Å². The first-order valence-electron chi connectivity index (χ1n) is 5.99. The van der Waals surface area contributed by atoms with E-state index >= 15 is 0 Å². The minimum Gasteiger partial charge on any atom is -0.487 e. The van der Waals surface area contributed by atoms with Gasteiger partial charge in [0.1, 0.15) is 12.4 Å². The number of benzene rings is 1. The van der Waals surface area contributed by atoms with E-state index in [0.29, 0.717) is 6.61 Å². The molecule has 18 heavy (non-hydrogen) atoms. The predicted octanol–water partition coefficient (Wildman–Crippen LogP) is 4.67. The molecule has 0 aliphatic carbocycles. The molecule has 0 aliphatic heterocycles. The summed E-state index contributed by atoms with van der Waals surface area (Å²) in [5.74, 6) is 0.854. The van der Waals surface area contributed by atoms with Gasteiger partial charge in [0.25, 0.3) is 0 Å². The van der Waals surface area contributed by atoms with Crippen LogP contribution in [-0.2, 0) is 6.54 Å². The summed E-state index contributed by atoms with van der Waals surface area (Å²) in [6.07, 6.45) is 2.06. The smallest absolute Gasteiger partial charge is 0.148 e. The zero-order chi connectivity index (χ0) is 13.5. The van der Waals surface area contributed by atoms with E-state index < -0.39 is 0 Å². The predicted molar refractivity (Wildman–Crippen MR) is 84.1 cm³/mol. The standard InChI is InChI=1S/C14H19Br2NO/c1-4-17-9-11-7-12(15)14(13(16)8-11)18-6-5-10(2)3/h5,7-8,17H,4,6,9H2,1-3H3. The molecule has 0 heterocycles. The van der Waals surface area contributed by atoms with Gasteiger partial charge >= 0.3 is 0 Å². The highest BCUT2D eigenvalue weighted by Crippen LogP contribution is 2.34. The fraction of sp³-hybridized carbons (Fsp3) is 0.429. The highest BCUT2D eigenvalue weighted by Gasteiger charge is 2.08. The van der Waals surface area contributed by atoms with Gasteiger partial charge in [-0.15, -0.1) is 0 Å². The van der Waals surface area contributed by atoms with Crippen molar-refractivity contribution in [1.82, 2.24) is 5.32 Å². The minimum atomic E-state index is 0.589. The number of hydrogen-bond acceptors (Lipinski definition) is 2. The molecule has 0 saturated heterocycles. The van der Waals surface area contributed by atoms with Crippen LogP contribution < -0.4 is 10.1 Å². The second kappa shape index (κ2) is 7.97. The summed E-state index contributed by atoms with van der Waals surface area (Å²) in [7, 11) is 0. The van der Waals surface area contributed by atoms with Crippen LogP contribution >= 0.6 is 31.9 Å². The molecule has 1 N–H and O–H groups in total. The number of nitrogens with one attached hydrogen (secondary N) is 1. The van der Waals surface area contributed by atoms with Crippen molar-refractivity contribution in [2.24, 2.45) is 0 Å². The Labute approximate surface area is 126 Å². The average molecular weight is 377 g/mol. The van der Waals surface area contributed by atoms with E-state index in [0.717, 1.165) is 27.8 Å². The molecule has 0 spiro atoms. The molecule has 2 nitrogen and oxygen atoms in total. The van der Waals surface area contributed by atoms with Crippen LogP contribution in [0.3, 0.4) is 0 Å². The van der Waals surface area contributed by atoms with E-state index in [4.69, 9.17) is 4.74 Å². The van der Waals surface area contributed by atoms with Crippen LogP contribution in [0.1, 0.15) is 26.3 Å². The summed E-state index contributed by atoms with van der Waals surface area (Å²) in [6, 6.07) is 4.18. The molecule has 0 amide bonds. The number of ether oxygens (including phenoxy) is 1. The fourth-order valence-corrected chi connectivity index (χ4v) is 2.92. The number of hydrogen-bond donors (Lipinski definition) is 1. The van der Waals surface area contributed by atoms with Crippen molar-refractivity contribution in [3.05, 3.63) is 38.3 Å². The van der Waals surface area contributed by atoms with Gasteiger partial charge in [-0.05, 0) is 76.0 Å². The summed E-state index contributed by atoms with van der Waals surface area (Å²) in [6.45, 7) is 8.64. The van der Waals surface area contributed by atoms with E-state index in [1.54, 1.807) is 0 Å². The summed E-state index contributed by atoms with van der Waals surface area (Å²) >= 11 is 7.11. The summed E-state index contributed by atoms with van der Waals surface area (Å²) < 4.78 is 7.70. The Kier molecular flexibility index (Phi) is 6.97. The quantitative estimate of drug-likeness (QED) is 0.728. The van der Waals surface area contributed by atoms with Gasteiger partial charge in [-0.3, -0.25) is 0 Å². The molecule has 0 bridgehead atoms. The van der Waals surface area contributed by atoms with Gasteiger partial charge in [0.15, 0.2) is 0 Å². The molecule has 0 saturated carbocycles. The van der Waals surface area contributed by atoms with E-state index in [1.165, 1.54) is 11.1 Å². The summed E-state index contributed by atoms with van der Waals surface area (Å²) in [5.41, 5.74) is 2.48. The molecular formula is C14H19Br2NO. The lowest BCUT2D eigenvalue weighted by atomic mass is 10.2. The topological polar surface area (TPSA) is 21.3 Å². The van der Waals surface area contributed by atoms with Crippen LogP contribution in [0.25, 0.3) is 0 Å². The van der Waals surface area contributed by atoms with Crippen molar-refractivity contribution in [3.63, 3.8) is 0 Å². The van der Waals surface area contributed by atoms with Gasteiger partial charge in [-0.25, -0.2) is 0 Å². The number of halogens is 2. The van der Waals surface area contributed by atoms with Gasteiger partial charge < -0.3 is 10.1 Å². The molecular weight excluding hydrogens is 358 g/mol. The van der Waals surface area contributed by atoms with Gasteiger partial charge in [0, 0.05) is 6.54 Å². The Morgan fingerprint density at radius 2 is 1.89 bits per heavy atom. The Morgan fingerprint density at radius 1 is 1.28 bits per heavy atom. The van der Waals surface area contributed by atoms with Crippen molar-refractivity contribution in [3.8, 4) is 5.75 Å². The van der Waals surface area contributed by atoms with E-state index in [9.17, 15) is 0 Å². The van der Waals surface area contributed by atoms with Gasteiger partial charge in [-0.2, -0.15) is 0 Å². The van der Waals surface area contributed by atoms with E-state index in [1.807, 2.05) is 0 Å². The Balaban J connectivity index is 2.77. The third-order valence-corrected chi connectivity index (χ3v) is 3.53. The maximum atomic E-state index is 5.75. The van der Waals surface area contributed by atoms with Crippen LogP contribution in [0.15, 0.2) is 32.7 Å². The normalized spacial score (nSPS) is 10.3. The van der Waals surface area contributed by atoms with Crippen LogP contribution in [0.4, 0.5) is 0 Å². The zero-order valence-corrected chi connectivity index (χ0v) is 14.2. The van der Waals surface area contributed by atoms with Crippen molar-refractivity contribution >= 4 is 31.9 Å². The molecule has 0 radical (unpaired) electrons. The van der Waals surface area contributed by atoms with Crippen LogP contribution in [0.2, 0.25) is 0 Å². The molecule has 1 rings (SSSR count). The first-order chi connectivity index (χ1) is 8.54. The molecule has 1 aromatic rings. The van der Waals surface area contributed by atoms with Crippen molar-refractivity contribution in [1.29, 1.82) is 0 Å². The largest absolute Gasteiger partial charge is 0.487 e. The maximum Gasteiger partial charge on any atom is 0.148 e. The molecule has 1 aromatic carbocycles. The highest BCUT2D eigenvalue weighted by atomic mass is 79.9. The van der Waals surface area contributed by atoms with Crippen LogP contribution in [-0.4, -0.2) is 13.2 Å². The van der Waals surface area contributed by atoms with Crippen LogP contribution in [0.5, 0.6) is 5.75 Å². The Hall–Kier alpha value is -0.320. The molecule has 0 atom stereocenters. The SMILES string of the molecule is CCNCc1cc(Br)c(OCC=C(C)C)c(Br)c1.